The van der Waals surface area contributed by atoms with E-state index < -0.39 is 0 Å². The van der Waals surface area contributed by atoms with E-state index in [2.05, 4.69) is 20.5 Å². The van der Waals surface area contributed by atoms with Crippen molar-refractivity contribution in [2.75, 3.05) is 18.5 Å². The molecule has 2 heterocycles. The van der Waals surface area contributed by atoms with E-state index in [1.165, 1.54) is 0 Å². The Bertz CT molecular complexity index is 368. The minimum absolute atomic E-state index is 0.0735. The number of nitrogens with one attached hydrogen (secondary N) is 1. The van der Waals surface area contributed by atoms with Crippen molar-refractivity contribution in [2.24, 2.45) is 0 Å². The van der Waals surface area contributed by atoms with Crippen LogP contribution in [0.2, 0.25) is 10.4 Å². The third kappa shape index (κ3) is 2.48. The van der Waals surface area contributed by atoms with E-state index >= 15 is 0 Å². The van der Waals surface area contributed by atoms with Crippen molar-refractivity contribution < 1.29 is 4.74 Å². The van der Waals surface area contributed by atoms with E-state index in [1.54, 1.807) is 0 Å². The van der Waals surface area contributed by atoms with Gasteiger partial charge in [0.2, 0.25) is 5.28 Å². The van der Waals surface area contributed by atoms with Crippen LogP contribution in [-0.4, -0.2) is 33.9 Å². The lowest BCUT2D eigenvalue weighted by molar-refractivity contribution is 0.185. The largest absolute Gasteiger partial charge is 0.379 e. The van der Waals surface area contributed by atoms with Crippen LogP contribution in [0.4, 0.5) is 5.82 Å². The molecule has 1 atom stereocenters. The Balaban J connectivity index is 2.19. The molecule has 1 aromatic rings. The molecule has 82 valence electrons. The molecule has 7 heteroatoms. The molecule has 0 aliphatic carbocycles. The number of hydrogen-bond acceptors (Lipinski definition) is 5. The lowest BCUT2D eigenvalue weighted by atomic mass is 10.0. The summed E-state index contributed by atoms with van der Waals surface area (Å²) in [4.78, 5) is 3.97. The van der Waals surface area contributed by atoms with Gasteiger partial charge in [-0.1, -0.05) is 11.6 Å². The summed E-state index contributed by atoms with van der Waals surface area (Å²) in [5.74, 6) is 0.449. The van der Waals surface area contributed by atoms with E-state index in [0.717, 1.165) is 13.0 Å². The topological polar surface area (TPSA) is 59.9 Å². The van der Waals surface area contributed by atoms with Gasteiger partial charge in [-0.05, 0) is 24.9 Å². The van der Waals surface area contributed by atoms with Gasteiger partial charge in [-0.25, -0.2) is 0 Å². The number of hydrogen-bond donors (Lipinski definition) is 1. The van der Waals surface area contributed by atoms with Crippen LogP contribution in [0.5, 0.6) is 0 Å². The van der Waals surface area contributed by atoms with Crippen molar-refractivity contribution in [3.63, 3.8) is 0 Å². The van der Waals surface area contributed by atoms with Gasteiger partial charge in [-0.2, -0.15) is 4.98 Å². The summed E-state index contributed by atoms with van der Waals surface area (Å²) in [5, 5.41) is 10.7. The lowest BCUT2D eigenvalue weighted by Gasteiger charge is -2.24. The molecule has 0 radical (unpaired) electrons. The molecule has 0 bridgehead atoms. The third-order valence-corrected chi connectivity index (χ3v) is 2.67. The van der Waals surface area contributed by atoms with Gasteiger partial charge in [0.1, 0.15) is 0 Å². The zero-order chi connectivity index (χ0) is 10.9. The molecule has 1 aromatic heterocycles. The van der Waals surface area contributed by atoms with Crippen molar-refractivity contribution in [1.29, 1.82) is 0 Å². The summed E-state index contributed by atoms with van der Waals surface area (Å²) >= 11 is 11.5. The highest BCUT2D eigenvalue weighted by Crippen LogP contribution is 2.26. The smallest absolute Gasteiger partial charge is 0.245 e. The Labute approximate surface area is 97.1 Å². The summed E-state index contributed by atoms with van der Waals surface area (Å²) in [5.41, 5.74) is -0.164. The molecular formula is C8H10Cl2N4O. The molecule has 0 saturated carbocycles. The summed E-state index contributed by atoms with van der Waals surface area (Å²) in [6.45, 7) is 3.38. The van der Waals surface area contributed by atoms with Gasteiger partial charge < -0.3 is 10.1 Å². The predicted molar refractivity (Wildman–Crippen MR) is 57.3 cm³/mol. The van der Waals surface area contributed by atoms with Gasteiger partial charge in [0, 0.05) is 6.61 Å². The van der Waals surface area contributed by atoms with Crippen LogP contribution in [0, 0.1) is 0 Å². The Morgan fingerprint density at radius 2 is 2.20 bits per heavy atom. The number of ether oxygens (including phenoxy) is 1. The molecule has 1 N–H and O–H groups in total. The molecule has 2 rings (SSSR count). The predicted octanol–water partition coefficient (Wildman–Crippen LogP) is 1.77. The first-order valence-corrected chi connectivity index (χ1v) is 5.26. The average molecular weight is 249 g/mol. The maximum absolute atomic E-state index is 5.84. The van der Waals surface area contributed by atoms with E-state index in [4.69, 9.17) is 27.9 Å². The fourth-order valence-electron chi connectivity index (χ4n) is 1.42. The second kappa shape index (κ2) is 4.08. The van der Waals surface area contributed by atoms with Crippen LogP contribution in [-0.2, 0) is 4.74 Å². The summed E-state index contributed by atoms with van der Waals surface area (Å²) in [7, 11) is 0. The zero-order valence-corrected chi connectivity index (χ0v) is 9.64. The minimum Gasteiger partial charge on any atom is -0.379 e. The Kier molecular flexibility index (Phi) is 2.95. The van der Waals surface area contributed by atoms with E-state index in [9.17, 15) is 0 Å². The van der Waals surface area contributed by atoms with Gasteiger partial charge in [-0.15, -0.1) is 10.2 Å². The number of halogens is 2. The van der Waals surface area contributed by atoms with Gasteiger partial charge in [0.15, 0.2) is 11.0 Å². The van der Waals surface area contributed by atoms with Crippen LogP contribution < -0.4 is 5.32 Å². The van der Waals surface area contributed by atoms with Crippen molar-refractivity contribution in [1.82, 2.24) is 15.2 Å². The van der Waals surface area contributed by atoms with Crippen LogP contribution in [0.15, 0.2) is 0 Å². The van der Waals surface area contributed by atoms with Crippen molar-refractivity contribution in [2.45, 2.75) is 18.9 Å². The highest BCUT2D eigenvalue weighted by Gasteiger charge is 2.30. The quantitative estimate of drug-likeness (QED) is 0.865. The van der Waals surface area contributed by atoms with Crippen molar-refractivity contribution in [3.8, 4) is 0 Å². The van der Waals surface area contributed by atoms with E-state index in [-0.39, 0.29) is 16.0 Å². The molecule has 0 aromatic carbocycles. The maximum Gasteiger partial charge on any atom is 0.245 e. The van der Waals surface area contributed by atoms with Gasteiger partial charge in [0.25, 0.3) is 0 Å². The van der Waals surface area contributed by atoms with E-state index in [0.29, 0.717) is 12.4 Å². The van der Waals surface area contributed by atoms with Crippen LogP contribution in [0.25, 0.3) is 0 Å². The number of rotatable bonds is 2. The molecule has 1 fully saturated rings. The number of anilines is 1. The first-order valence-electron chi connectivity index (χ1n) is 4.51. The normalized spacial score (nSPS) is 25.5. The molecule has 1 aliphatic heterocycles. The molecule has 0 amide bonds. The van der Waals surface area contributed by atoms with Gasteiger partial charge in [0.05, 0.1) is 12.1 Å². The Morgan fingerprint density at radius 1 is 1.40 bits per heavy atom. The molecule has 0 spiro atoms. The van der Waals surface area contributed by atoms with Crippen molar-refractivity contribution >= 4 is 29.0 Å². The first-order chi connectivity index (χ1) is 7.09. The lowest BCUT2D eigenvalue weighted by Crippen LogP contribution is -2.35. The maximum atomic E-state index is 5.84. The van der Waals surface area contributed by atoms with Gasteiger partial charge in [-0.3, -0.25) is 0 Å². The molecule has 1 saturated heterocycles. The highest BCUT2D eigenvalue weighted by molar-refractivity contribution is 6.32. The fraction of sp³-hybridized carbons (Fsp3) is 0.625. The molecule has 15 heavy (non-hydrogen) atoms. The summed E-state index contributed by atoms with van der Waals surface area (Å²) in [6, 6.07) is 0. The fourth-order valence-corrected chi connectivity index (χ4v) is 1.67. The monoisotopic (exact) mass is 248 g/mol. The van der Waals surface area contributed by atoms with Crippen LogP contribution in [0.3, 0.4) is 0 Å². The third-order valence-electron chi connectivity index (χ3n) is 2.26. The summed E-state index contributed by atoms with van der Waals surface area (Å²) < 4.78 is 5.30. The zero-order valence-electron chi connectivity index (χ0n) is 8.13. The summed E-state index contributed by atoms with van der Waals surface area (Å²) in [6.07, 6.45) is 0.894. The molecule has 1 aliphatic rings. The molecule has 1 unspecified atom stereocenters. The number of nitrogens with zero attached hydrogens (tertiary/aromatic N) is 3. The second-order valence-corrected chi connectivity index (χ2v) is 4.40. The number of aromatic nitrogens is 3. The van der Waals surface area contributed by atoms with Crippen molar-refractivity contribution in [3.05, 3.63) is 10.4 Å². The van der Waals surface area contributed by atoms with Gasteiger partial charge >= 0.3 is 0 Å². The Hall–Kier alpha value is -0.650. The first kappa shape index (κ1) is 10.9. The average Bonchev–Trinajstić information content (AvgIpc) is 2.59. The molecule has 5 nitrogen and oxygen atoms in total. The second-order valence-electron chi connectivity index (χ2n) is 3.71. The SMILES string of the molecule is CC1(Nc2nc(Cl)nnc2Cl)CCOC1. The standard InChI is InChI=1S/C8H10Cl2N4O/c1-8(2-3-15-4-8)12-6-5(9)13-14-7(10)11-6/h2-4H2,1H3,(H,11,12,14). The minimum atomic E-state index is -0.164. The Morgan fingerprint density at radius 3 is 2.87 bits per heavy atom. The highest BCUT2D eigenvalue weighted by atomic mass is 35.5. The van der Waals surface area contributed by atoms with Crippen LogP contribution in [0.1, 0.15) is 13.3 Å². The molecular weight excluding hydrogens is 239 g/mol. The van der Waals surface area contributed by atoms with E-state index in [1.807, 2.05) is 6.92 Å². The van der Waals surface area contributed by atoms with Crippen LogP contribution >= 0.6 is 23.2 Å².